The molecule has 0 N–H and O–H groups in total. The lowest BCUT2D eigenvalue weighted by molar-refractivity contribution is 0.284. The molecule has 0 radical (unpaired) electrons. The first-order chi connectivity index (χ1) is 9.08. The summed E-state index contributed by atoms with van der Waals surface area (Å²) in [6.45, 7) is 5.45. The fraction of sp³-hybridized carbons (Fsp3) is 0.667. The summed E-state index contributed by atoms with van der Waals surface area (Å²) in [6.07, 6.45) is 2.51. The fourth-order valence-corrected chi connectivity index (χ4v) is 2.98. The maximum atomic E-state index is 5.94. The van der Waals surface area contributed by atoms with E-state index in [1.807, 2.05) is 6.92 Å². The van der Waals surface area contributed by atoms with Crippen LogP contribution in [0.3, 0.4) is 0 Å². The second-order valence-corrected chi connectivity index (χ2v) is 6.07. The Morgan fingerprint density at radius 2 is 2.00 bits per heavy atom. The minimum Gasteiger partial charge on any atom is -0.357 e. The van der Waals surface area contributed by atoms with Crippen molar-refractivity contribution in [1.82, 2.24) is 9.88 Å². The molecular formula is C15H24ClN3. The summed E-state index contributed by atoms with van der Waals surface area (Å²) in [4.78, 5) is 9.33. The van der Waals surface area contributed by atoms with Gasteiger partial charge >= 0.3 is 0 Å². The lowest BCUT2D eigenvalue weighted by Gasteiger charge is -2.34. The van der Waals surface area contributed by atoms with Crippen LogP contribution in [0.25, 0.3) is 0 Å². The van der Waals surface area contributed by atoms with Gasteiger partial charge in [-0.05, 0) is 57.5 Å². The van der Waals surface area contributed by atoms with Crippen LogP contribution in [0.1, 0.15) is 24.1 Å². The number of rotatable bonds is 4. The predicted molar refractivity (Wildman–Crippen MR) is 82.0 cm³/mol. The van der Waals surface area contributed by atoms with Gasteiger partial charge in [0.25, 0.3) is 0 Å². The third-order valence-corrected chi connectivity index (χ3v) is 4.02. The van der Waals surface area contributed by atoms with E-state index in [2.05, 4.69) is 41.0 Å². The van der Waals surface area contributed by atoms with E-state index >= 15 is 0 Å². The minimum absolute atomic E-state index is 0.563. The smallest absolute Gasteiger partial charge is 0.129 e. The lowest BCUT2D eigenvalue weighted by Crippen LogP contribution is -2.37. The van der Waals surface area contributed by atoms with Gasteiger partial charge in [0.1, 0.15) is 5.82 Å². The minimum atomic E-state index is 0.563. The first-order valence-electron chi connectivity index (χ1n) is 7.01. The van der Waals surface area contributed by atoms with Crippen LogP contribution in [-0.2, 0) is 5.88 Å². The highest BCUT2D eigenvalue weighted by Gasteiger charge is 2.20. The van der Waals surface area contributed by atoms with Crippen LogP contribution in [0.15, 0.2) is 12.1 Å². The SMILES string of the molecule is Cc1cc(CCl)cc(N2CCC(CN(C)C)CC2)n1. The summed E-state index contributed by atoms with van der Waals surface area (Å²) in [5.41, 5.74) is 2.23. The standard InChI is InChI=1S/C15H24ClN3/c1-12-8-14(10-16)9-15(17-12)19-6-4-13(5-7-19)11-18(2)3/h8-9,13H,4-7,10-11H2,1-3H3. The maximum absolute atomic E-state index is 5.94. The molecule has 106 valence electrons. The van der Waals surface area contributed by atoms with Crippen molar-refractivity contribution in [3.63, 3.8) is 0 Å². The molecule has 1 saturated heterocycles. The molecule has 0 atom stereocenters. The van der Waals surface area contributed by atoms with Gasteiger partial charge in [-0.3, -0.25) is 0 Å². The molecule has 0 saturated carbocycles. The third-order valence-electron chi connectivity index (χ3n) is 3.72. The molecule has 0 spiro atoms. The highest BCUT2D eigenvalue weighted by molar-refractivity contribution is 6.17. The molecule has 2 heterocycles. The lowest BCUT2D eigenvalue weighted by atomic mass is 9.96. The fourth-order valence-electron chi connectivity index (χ4n) is 2.82. The van der Waals surface area contributed by atoms with E-state index in [-0.39, 0.29) is 0 Å². The largest absolute Gasteiger partial charge is 0.357 e. The highest BCUT2D eigenvalue weighted by Crippen LogP contribution is 2.23. The van der Waals surface area contributed by atoms with E-state index < -0.39 is 0 Å². The number of pyridine rings is 1. The van der Waals surface area contributed by atoms with Crippen LogP contribution >= 0.6 is 11.6 Å². The molecule has 0 bridgehead atoms. The van der Waals surface area contributed by atoms with Crippen LogP contribution in [0.2, 0.25) is 0 Å². The average Bonchev–Trinajstić information content (AvgIpc) is 2.38. The van der Waals surface area contributed by atoms with Gasteiger partial charge in [-0.15, -0.1) is 11.6 Å². The summed E-state index contributed by atoms with van der Waals surface area (Å²) in [5, 5.41) is 0. The van der Waals surface area contributed by atoms with Crippen molar-refractivity contribution in [2.24, 2.45) is 5.92 Å². The second-order valence-electron chi connectivity index (χ2n) is 5.80. The van der Waals surface area contributed by atoms with Crippen molar-refractivity contribution in [2.75, 3.05) is 38.6 Å². The molecule has 1 aliphatic heterocycles. The number of hydrogen-bond acceptors (Lipinski definition) is 3. The molecule has 19 heavy (non-hydrogen) atoms. The second kappa shape index (κ2) is 6.58. The molecular weight excluding hydrogens is 258 g/mol. The number of alkyl halides is 1. The Kier molecular flexibility index (Phi) is 5.06. The van der Waals surface area contributed by atoms with Crippen LogP contribution in [-0.4, -0.2) is 43.6 Å². The van der Waals surface area contributed by atoms with Gasteiger partial charge in [-0.25, -0.2) is 4.98 Å². The molecule has 1 aromatic rings. The number of aryl methyl sites for hydroxylation is 1. The normalized spacial score (nSPS) is 17.2. The van der Waals surface area contributed by atoms with Gasteiger partial charge in [0.05, 0.1) is 0 Å². The zero-order valence-electron chi connectivity index (χ0n) is 12.2. The van der Waals surface area contributed by atoms with E-state index in [1.165, 1.54) is 24.9 Å². The topological polar surface area (TPSA) is 19.4 Å². The summed E-state index contributed by atoms with van der Waals surface area (Å²) in [7, 11) is 4.31. The third kappa shape index (κ3) is 4.08. The summed E-state index contributed by atoms with van der Waals surface area (Å²) in [5.74, 6) is 2.48. The van der Waals surface area contributed by atoms with Crippen LogP contribution in [0, 0.1) is 12.8 Å². The van der Waals surface area contributed by atoms with Crippen molar-refractivity contribution in [3.8, 4) is 0 Å². The van der Waals surface area contributed by atoms with E-state index in [4.69, 9.17) is 11.6 Å². The summed E-state index contributed by atoms with van der Waals surface area (Å²) >= 11 is 5.94. The zero-order valence-corrected chi connectivity index (χ0v) is 13.0. The first kappa shape index (κ1) is 14.6. The zero-order chi connectivity index (χ0) is 13.8. The quantitative estimate of drug-likeness (QED) is 0.791. The van der Waals surface area contributed by atoms with Gasteiger partial charge < -0.3 is 9.80 Å². The van der Waals surface area contributed by atoms with Crippen molar-refractivity contribution >= 4 is 17.4 Å². The average molecular weight is 282 g/mol. The van der Waals surface area contributed by atoms with Gasteiger partial charge in [0.2, 0.25) is 0 Å². The van der Waals surface area contributed by atoms with Crippen LogP contribution < -0.4 is 4.90 Å². The Balaban J connectivity index is 1.99. The number of nitrogens with zero attached hydrogens (tertiary/aromatic N) is 3. The van der Waals surface area contributed by atoms with Gasteiger partial charge in [-0.2, -0.15) is 0 Å². The van der Waals surface area contributed by atoms with Crippen molar-refractivity contribution in [2.45, 2.75) is 25.6 Å². The van der Waals surface area contributed by atoms with Crippen LogP contribution in [0.4, 0.5) is 5.82 Å². The van der Waals surface area contributed by atoms with Crippen LogP contribution in [0.5, 0.6) is 0 Å². The van der Waals surface area contributed by atoms with Crippen molar-refractivity contribution in [3.05, 3.63) is 23.4 Å². The Morgan fingerprint density at radius 1 is 1.32 bits per heavy atom. The van der Waals surface area contributed by atoms with E-state index in [0.717, 1.165) is 30.5 Å². The number of halogens is 1. The van der Waals surface area contributed by atoms with Gasteiger partial charge in [0, 0.05) is 31.2 Å². The van der Waals surface area contributed by atoms with E-state index in [0.29, 0.717) is 5.88 Å². The number of piperidine rings is 1. The molecule has 0 aromatic carbocycles. The number of hydrogen-bond donors (Lipinski definition) is 0. The summed E-state index contributed by atoms with van der Waals surface area (Å²) in [6, 6.07) is 4.20. The maximum Gasteiger partial charge on any atom is 0.129 e. The van der Waals surface area contributed by atoms with Gasteiger partial charge in [0.15, 0.2) is 0 Å². The molecule has 1 aromatic heterocycles. The Bertz CT molecular complexity index is 412. The number of anilines is 1. The molecule has 1 aliphatic rings. The molecule has 4 heteroatoms. The molecule has 1 fully saturated rings. The van der Waals surface area contributed by atoms with Crippen molar-refractivity contribution in [1.29, 1.82) is 0 Å². The van der Waals surface area contributed by atoms with E-state index in [9.17, 15) is 0 Å². The molecule has 3 nitrogen and oxygen atoms in total. The number of aromatic nitrogens is 1. The Hall–Kier alpha value is -0.800. The molecule has 2 rings (SSSR count). The molecule has 0 aliphatic carbocycles. The molecule has 0 amide bonds. The van der Waals surface area contributed by atoms with E-state index in [1.54, 1.807) is 0 Å². The summed E-state index contributed by atoms with van der Waals surface area (Å²) < 4.78 is 0. The Morgan fingerprint density at radius 3 is 2.58 bits per heavy atom. The highest BCUT2D eigenvalue weighted by atomic mass is 35.5. The van der Waals surface area contributed by atoms with Crippen molar-refractivity contribution < 1.29 is 0 Å². The molecule has 0 unspecified atom stereocenters. The monoisotopic (exact) mass is 281 g/mol. The predicted octanol–water partition coefficient (Wildman–Crippen LogP) is 2.91. The Labute approximate surface area is 121 Å². The first-order valence-corrected chi connectivity index (χ1v) is 7.55. The van der Waals surface area contributed by atoms with Gasteiger partial charge in [-0.1, -0.05) is 0 Å².